The summed E-state index contributed by atoms with van der Waals surface area (Å²) in [6, 6.07) is 9.73. The van der Waals surface area contributed by atoms with Crippen LogP contribution in [0.3, 0.4) is 0 Å². The fourth-order valence-electron chi connectivity index (χ4n) is 6.91. The Kier molecular flexibility index (Phi) is 8.01. The van der Waals surface area contributed by atoms with Gasteiger partial charge in [-0.3, -0.25) is 10.1 Å². The molecule has 2 heterocycles. The predicted molar refractivity (Wildman–Crippen MR) is 150 cm³/mol. The van der Waals surface area contributed by atoms with Crippen LogP contribution in [0, 0.1) is 16.7 Å². The average Bonchev–Trinajstić information content (AvgIpc) is 3.35. The van der Waals surface area contributed by atoms with Gasteiger partial charge in [0.05, 0.1) is 31.6 Å². The number of carbonyl (C=O) groups is 2. The summed E-state index contributed by atoms with van der Waals surface area (Å²) in [5, 5.41) is 25.0. The van der Waals surface area contributed by atoms with E-state index in [9.17, 15) is 19.8 Å². The van der Waals surface area contributed by atoms with Crippen LogP contribution in [0.2, 0.25) is 0 Å². The molecule has 5 rings (SSSR count). The quantitative estimate of drug-likeness (QED) is 0.502. The molecular weight excluding hydrogens is 516 g/mol. The smallest absolute Gasteiger partial charge is 0.323 e. The van der Waals surface area contributed by atoms with E-state index >= 15 is 0 Å². The lowest BCUT2D eigenvalue weighted by Crippen LogP contribution is -2.57. The largest absolute Gasteiger partial charge is 0.396 e. The van der Waals surface area contributed by atoms with Crippen molar-refractivity contribution >= 4 is 28.4 Å². The van der Waals surface area contributed by atoms with Crippen LogP contribution in [0.1, 0.15) is 55.2 Å². The Bertz CT molecular complexity index is 1190. The normalized spacial score (nSPS) is 30.3. The molecule has 0 bridgehead atoms. The summed E-state index contributed by atoms with van der Waals surface area (Å²) in [5.74, 6) is -0.201. The third-order valence-corrected chi connectivity index (χ3v) is 10.5. The van der Waals surface area contributed by atoms with E-state index in [0.717, 1.165) is 22.6 Å². The van der Waals surface area contributed by atoms with E-state index in [4.69, 9.17) is 9.72 Å². The summed E-state index contributed by atoms with van der Waals surface area (Å²) < 4.78 is 5.37. The summed E-state index contributed by atoms with van der Waals surface area (Å²) in [6.07, 6.45) is 1.61. The number of carbonyl (C=O) groups excluding carboxylic acids is 2. The second kappa shape index (κ2) is 11.2. The minimum Gasteiger partial charge on any atom is -0.396 e. The molecule has 1 saturated heterocycles. The van der Waals surface area contributed by atoms with Crippen molar-refractivity contribution in [1.29, 1.82) is 0 Å². The van der Waals surface area contributed by atoms with Crippen molar-refractivity contribution in [3.8, 4) is 0 Å². The van der Waals surface area contributed by atoms with E-state index in [1.54, 1.807) is 9.80 Å². The molecule has 10 heteroatoms. The molecule has 39 heavy (non-hydrogen) atoms. The molecule has 5 atom stereocenters. The first kappa shape index (κ1) is 28.0. The number of thiazole rings is 1. The number of morpholine rings is 1. The lowest BCUT2D eigenvalue weighted by Gasteiger charge is -2.58. The molecule has 3 N–H and O–H groups in total. The third-order valence-electron chi connectivity index (χ3n) is 9.47. The first-order valence-corrected chi connectivity index (χ1v) is 14.7. The molecule has 0 unspecified atom stereocenters. The van der Waals surface area contributed by atoms with Crippen LogP contribution in [0.15, 0.2) is 30.3 Å². The number of amides is 3. The number of nitrogens with zero attached hydrogens (tertiary/aromatic N) is 3. The van der Waals surface area contributed by atoms with E-state index in [1.165, 1.54) is 11.3 Å². The molecule has 0 spiro atoms. The van der Waals surface area contributed by atoms with E-state index in [2.05, 4.69) is 12.2 Å². The second-order valence-electron chi connectivity index (χ2n) is 11.8. The number of benzene rings is 1. The number of rotatable bonds is 6. The molecule has 3 amide bonds. The standard InChI is InChI=1S/C29H40N4O5S/c1-28-10-9-23(35)29(2,18-34)22(28)16-21-25(30-26(39-21)31-27(37)33-11-13-38-14-12-33)20(28)15-24(36)32(3)17-19-7-5-4-6-8-19/h4-8,20,22-23,34-35H,9-18H2,1-3H3,(H,30,31,37)/t20-,22+,23-,28+,29+/m1/s1. The zero-order chi connectivity index (χ0) is 27.8. The Balaban J connectivity index is 1.45. The summed E-state index contributed by atoms with van der Waals surface area (Å²) in [7, 11) is 1.83. The Morgan fingerprint density at radius 3 is 2.64 bits per heavy atom. The van der Waals surface area contributed by atoms with Gasteiger partial charge in [-0.25, -0.2) is 9.78 Å². The van der Waals surface area contributed by atoms with Crippen LogP contribution in [0.25, 0.3) is 0 Å². The lowest BCUT2D eigenvalue weighted by atomic mass is 9.47. The topological polar surface area (TPSA) is 115 Å². The zero-order valence-electron chi connectivity index (χ0n) is 23.1. The van der Waals surface area contributed by atoms with Gasteiger partial charge < -0.3 is 24.7 Å². The van der Waals surface area contributed by atoms with Gasteiger partial charge in [0.1, 0.15) is 0 Å². The summed E-state index contributed by atoms with van der Waals surface area (Å²) in [6.45, 7) is 6.66. The molecule has 1 aliphatic heterocycles. The van der Waals surface area contributed by atoms with Crippen LogP contribution in [-0.4, -0.2) is 83.0 Å². The zero-order valence-corrected chi connectivity index (χ0v) is 23.9. The van der Waals surface area contributed by atoms with E-state index in [-0.39, 0.29) is 42.2 Å². The SMILES string of the molecule is CN(Cc1ccccc1)C(=O)C[C@@H]1c2nc(NC(=O)N3CCOCC3)sc2C[C@@H]2[C@](C)(CO)[C@H](O)CC[C@]21C. The molecule has 2 fully saturated rings. The molecule has 212 valence electrons. The predicted octanol–water partition coefficient (Wildman–Crippen LogP) is 3.47. The first-order chi connectivity index (χ1) is 18.7. The molecule has 2 aliphatic carbocycles. The van der Waals surface area contributed by atoms with Crippen LogP contribution in [0.4, 0.5) is 9.93 Å². The fourth-order valence-corrected chi connectivity index (χ4v) is 7.97. The van der Waals surface area contributed by atoms with Gasteiger partial charge >= 0.3 is 6.03 Å². The summed E-state index contributed by atoms with van der Waals surface area (Å²) in [4.78, 5) is 36.0. The molecule has 9 nitrogen and oxygen atoms in total. The van der Waals surface area contributed by atoms with Gasteiger partial charge in [-0.05, 0) is 36.2 Å². The van der Waals surface area contributed by atoms with Gasteiger partial charge in [0.15, 0.2) is 5.13 Å². The molecule has 0 radical (unpaired) electrons. The number of hydrogen-bond acceptors (Lipinski definition) is 7. The Hall–Kier alpha value is -2.53. The second-order valence-corrected chi connectivity index (χ2v) is 12.9. The molecule has 1 aromatic carbocycles. The van der Waals surface area contributed by atoms with Crippen molar-refractivity contribution in [3.05, 3.63) is 46.5 Å². The van der Waals surface area contributed by atoms with E-state index in [0.29, 0.717) is 50.8 Å². The van der Waals surface area contributed by atoms with Crippen molar-refractivity contribution in [2.24, 2.45) is 16.7 Å². The maximum absolute atomic E-state index is 13.6. The van der Waals surface area contributed by atoms with Gasteiger partial charge in [-0.1, -0.05) is 44.2 Å². The molecule has 1 aromatic heterocycles. The number of aromatic nitrogens is 1. The van der Waals surface area contributed by atoms with Crippen molar-refractivity contribution in [2.75, 3.05) is 45.3 Å². The molecule has 1 saturated carbocycles. The van der Waals surface area contributed by atoms with Gasteiger partial charge in [-0.2, -0.15) is 0 Å². The third kappa shape index (κ3) is 5.31. The highest BCUT2D eigenvalue weighted by molar-refractivity contribution is 7.15. The molecule has 3 aliphatic rings. The first-order valence-electron chi connectivity index (χ1n) is 13.9. The number of ether oxygens (including phenoxy) is 1. The monoisotopic (exact) mass is 556 g/mol. The minimum absolute atomic E-state index is 0.0282. The van der Waals surface area contributed by atoms with Gasteiger partial charge in [0.25, 0.3) is 0 Å². The highest BCUT2D eigenvalue weighted by Gasteiger charge is 2.59. The van der Waals surface area contributed by atoms with Gasteiger partial charge in [0, 0.05) is 49.3 Å². The number of fused-ring (bicyclic) bond motifs is 2. The highest BCUT2D eigenvalue weighted by Crippen LogP contribution is 2.62. The van der Waals surface area contributed by atoms with Crippen LogP contribution >= 0.6 is 11.3 Å². The fraction of sp³-hybridized carbons (Fsp3) is 0.621. The van der Waals surface area contributed by atoms with Gasteiger partial charge in [-0.15, -0.1) is 11.3 Å². The van der Waals surface area contributed by atoms with Crippen molar-refractivity contribution in [1.82, 2.24) is 14.8 Å². The summed E-state index contributed by atoms with van der Waals surface area (Å²) >= 11 is 1.45. The van der Waals surface area contributed by atoms with E-state index < -0.39 is 11.5 Å². The Labute approximate surface area is 234 Å². The number of aliphatic hydroxyl groups excluding tert-OH is 2. The van der Waals surface area contributed by atoms with Gasteiger partial charge in [0.2, 0.25) is 5.91 Å². The van der Waals surface area contributed by atoms with Crippen molar-refractivity contribution < 1.29 is 24.5 Å². The molecule has 2 aromatic rings. The van der Waals surface area contributed by atoms with Crippen molar-refractivity contribution in [2.45, 2.75) is 58.1 Å². The number of aliphatic hydroxyl groups is 2. The maximum atomic E-state index is 13.6. The van der Waals surface area contributed by atoms with Crippen molar-refractivity contribution in [3.63, 3.8) is 0 Å². The van der Waals surface area contributed by atoms with Crippen LogP contribution in [-0.2, 0) is 22.5 Å². The average molecular weight is 557 g/mol. The summed E-state index contributed by atoms with van der Waals surface area (Å²) in [5.41, 5.74) is 0.904. The minimum atomic E-state index is -0.691. The van der Waals surface area contributed by atoms with Crippen LogP contribution < -0.4 is 5.32 Å². The molecular formula is C29H40N4O5S. The van der Waals surface area contributed by atoms with Crippen LogP contribution in [0.5, 0.6) is 0 Å². The maximum Gasteiger partial charge on any atom is 0.323 e. The lowest BCUT2D eigenvalue weighted by molar-refractivity contribution is -0.147. The van der Waals surface area contributed by atoms with E-state index in [1.807, 2.05) is 44.3 Å². The Morgan fingerprint density at radius 1 is 1.23 bits per heavy atom. The highest BCUT2D eigenvalue weighted by atomic mass is 32.1. The number of anilines is 1. The number of urea groups is 1. The Morgan fingerprint density at radius 2 is 1.95 bits per heavy atom. The number of hydrogen-bond donors (Lipinski definition) is 3. The number of nitrogens with one attached hydrogen (secondary N) is 1.